The second kappa shape index (κ2) is 14.0. The van der Waals surface area contributed by atoms with Crippen molar-refractivity contribution in [2.45, 2.75) is 38.4 Å². The summed E-state index contributed by atoms with van der Waals surface area (Å²) < 4.78 is 8.09. The fraction of sp³-hybridized carbons (Fsp3) is 0.500. The Kier molecular flexibility index (Phi) is 11.0. The molecule has 10 nitrogen and oxygen atoms in total. The molecule has 10 heteroatoms. The van der Waals surface area contributed by atoms with E-state index in [-0.39, 0.29) is 12.9 Å². The zero-order chi connectivity index (χ0) is 24.9. The maximum atomic E-state index is 12.0. The first-order valence-corrected chi connectivity index (χ1v) is 11.2. The minimum atomic E-state index is -0.250. The average molecular weight is 475 g/mol. The number of carboxylic acid groups (broad SMARTS) is 2. The van der Waals surface area contributed by atoms with Crippen molar-refractivity contribution in [3.8, 4) is 5.75 Å². The number of amides is 1. The Morgan fingerprint density at radius 3 is 2.53 bits per heavy atom. The number of hydrogen-bond acceptors (Lipinski definition) is 6. The summed E-state index contributed by atoms with van der Waals surface area (Å²) in [6.07, 6.45) is 8.58. The quantitative estimate of drug-likeness (QED) is 0.584. The molecule has 1 aromatic heterocycles. The van der Waals surface area contributed by atoms with Gasteiger partial charge in [-0.3, -0.25) is 19.3 Å². The van der Waals surface area contributed by atoms with Gasteiger partial charge in [0.05, 0.1) is 12.9 Å². The van der Waals surface area contributed by atoms with Gasteiger partial charge in [-0.2, -0.15) is 0 Å². The van der Waals surface area contributed by atoms with E-state index < -0.39 is 0 Å². The summed E-state index contributed by atoms with van der Waals surface area (Å²) >= 11 is 0. The van der Waals surface area contributed by atoms with E-state index in [1.807, 2.05) is 35.1 Å². The normalized spacial score (nSPS) is 21.0. The zero-order valence-corrected chi connectivity index (χ0v) is 19.7. The van der Waals surface area contributed by atoms with Crippen LogP contribution in [-0.4, -0.2) is 81.7 Å². The van der Waals surface area contributed by atoms with Crippen LogP contribution in [0.25, 0.3) is 0 Å². The first-order chi connectivity index (χ1) is 16.4. The van der Waals surface area contributed by atoms with E-state index in [9.17, 15) is 4.79 Å². The van der Waals surface area contributed by atoms with Crippen molar-refractivity contribution in [3.63, 3.8) is 0 Å². The number of rotatable bonds is 7. The van der Waals surface area contributed by atoms with Crippen LogP contribution in [0.15, 0.2) is 43.0 Å². The van der Waals surface area contributed by atoms with Gasteiger partial charge in [0.1, 0.15) is 12.4 Å². The highest BCUT2D eigenvalue weighted by Gasteiger charge is 2.41. The molecule has 0 spiro atoms. The van der Waals surface area contributed by atoms with E-state index >= 15 is 0 Å². The number of benzene rings is 1. The smallest absolute Gasteiger partial charge is 0.290 e. The number of carbonyl (C=O) groups excluding carboxylic acids is 1. The van der Waals surface area contributed by atoms with Crippen molar-refractivity contribution in [1.29, 1.82) is 0 Å². The summed E-state index contributed by atoms with van der Waals surface area (Å²) in [4.78, 5) is 37.2. The van der Waals surface area contributed by atoms with Crippen LogP contribution >= 0.6 is 0 Å². The first-order valence-electron chi connectivity index (χ1n) is 11.2. The second-order valence-corrected chi connectivity index (χ2v) is 8.51. The van der Waals surface area contributed by atoms with E-state index in [4.69, 9.17) is 24.5 Å². The van der Waals surface area contributed by atoms with Gasteiger partial charge in [0, 0.05) is 50.6 Å². The molecule has 34 heavy (non-hydrogen) atoms. The number of piperidine rings is 1. The molecule has 2 aliphatic rings. The Labute approximate surface area is 199 Å². The number of likely N-dealkylation sites (tertiary alicyclic amines) is 1. The molecule has 0 radical (unpaired) electrons. The minimum absolute atomic E-state index is 0.250. The van der Waals surface area contributed by atoms with E-state index in [1.54, 1.807) is 6.20 Å². The lowest BCUT2D eigenvalue weighted by molar-refractivity contribution is -0.135. The number of aromatic nitrogens is 2. The van der Waals surface area contributed by atoms with Gasteiger partial charge < -0.3 is 24.4 Å². The van der Waals surface area contributed by atoms with Crippen LogP contribution in [0, 0.1) is 11.8 Å². The highest BCUT2D eigenvalue weighted by Crippen LogP contribution is 2.40. The van der Waals surface area contributed by atoms with Crippen LogP contribution < -0.4 is 4.74 Å². The standard InChI is InChI=1S/C22H30N4O2.2CH2O2/c1-24(20-11-18-13-22(27)25(2)15-19(18)12-20)14-17-5-3-4-6-21(17)28-10-9-26-8-7-23-16-26;2*2-1-3/h3-8,16,18-20H,9-15H2,1-2H3;2*1H,(H,2,3)/t18-,19+,20-;;/m1../s1. The number of fused-ring (bicyclic) bond motifs is 1. The Bertz CT molecular complexity index is 885. The van der Waals surface area contributed by atoms with Gasteiger partial charge in [0.15, 0.2) is 0 Å². The van der Waals surface area contributed by atoms with E-state index in [1.165, 1.54) is 12.0 Å². The fourth-order valence-electron chi connectivity index (χ4n) is 4.70. The average Bonchev–Trinajstić information content (AvgIpc) is 3.46. The molecular weight excluding hydrogens is 440 g/mol. The molecule has 4 rings (SSSR count). The lowest BCUT2D eigenvalue weighted by Crippen LogP contribution is -2.39. The van der Waals surface area contributed by atoms with Gasteiger partial charge in [-0.1, -0.05) is 18.2 Å². The molecule has 3 atom stereocenters. The molecular formula is C24H34N4O6. The molecule has 2 heterocycles. The third-order valence-corrected chi connectivity index (χ3v) is 6.37. The van der Waals surface area contributed by atoms with E-state index in [2.05, 4.69) is 35.1 Å². The monoisotopic (exact) mass is 474 g/mol. The summed E-state index contributed by atoms with van der Waals surface area (Å²) in [5.41, 5.74) is 1.22. The highest BCUT2D eigenvalue weighted by atomic mass is 16.5. The number of carbonyl (C=O) groups is 3. The molecule has 186 valence electrons. The van der Waals surface area contributed by atoms with Gasteiger partial charge >= 0.3 is 0 Å². The third kappa shape index (κ3) is 7.87. The molecule has 2 N–H and O–H groups in total. The molecule has 1 saturated heterocycles. The van der Waals surface area contributed by atoms with Crippen LogP contribution in [-0.2, 0) is 27.5 Å². The number of imidazole rings is 1. The first kappa shape index (κ1) is 26.8. The molecule has 1 aliphatic carbocycles. The Morgan fingerprint density at radius 2 is 1.85 bits per heavy atom. The van der Waals surface area contributed by atoms with Crippen molar-refractivity contribution < 1.29 is 29.3 Å². The fourth-order valence-corrected chi connectivity index (χ4v) is 4.70. The molecule has 1 aromatic carbocycles. The highest BCUT2D eigenvalue weighted by molar-refractivity contribution is 5.77. The maximum absolute atomic E-state index is 12.0. The molecule has 1 amide bonds. The second-order valence-electron chi connectivity index (χ2n) is 8.51. The van der Waals surface area contributed by atoms with Crippen molar-refractivity contribution in [3.05, 3.63) is 48.5 Å². The number of para-hydroxylation sites is 1. The SMILES string of the molecule is CN1C[C@@H]2C[C@H](N(C)Cc3ccccc3OCCn3ccnc3)C[C@@H]2CC1=O.O=CO.O=CO. The van der Waals surface area contributed by atoms with Crippen LogP contribution in [0.5, 0.6) is 5.75 Å². The minimum Gasteiger partial charge on any atom is -0.491 e. The molecule has 0 bridgehead atoms. The summed E-state index contributed by atoms with van der Waals surface area (Å²) in [5, 5.41) is 13.8. The van der Waals surface area contributed by atoms with Crippen LogP contribution in [0.4, 0.5) is 0 Å². The van der Waals surface area contributed by atoms with Crippen LogP contribution in [0.3, 0.4) is 0 Å². The lowest BCUT2D eigenvalue weighted by atomic mass is 9.88. The van der Waals surface area contributed by atoms with Gasteiger partial charge in [-0.05, 0) is 37.8 Å². The Hall–Kier alpha value is -3.40. The van der Waals surface area contributed by atoms with Crippen molar-refractivity contribution in [2.75, 3.05) is 27.2 Å². The Balaban J connectivity index is 0.000000618. The lowest BCUT2D eigenvalue weighted by Gasteiger charge is -2.31. The maximum Gasteiger partial charge on any atom is 0.290 e. The summed E-state index contributed by atoms with van der Waals surface area (Å²) in [6.45, 7) is 2.70. The topological polar surface area (TPSA) is 125 Å². The van der Waals surface area contributed by atoms with E-state index in [0.29, 0.717) is 30.4 Å². The molecule has 2 aromatic rings. The van der Waals surface area contributed by atoms with Gasteiger partial charge in [-0.15, -0.1) is 0 Å². The Morgan fingerprint density at radius 1 is 1.18 bits per heavy atom. The molecule has 2 fully saturated rings. The largest absolute Gasteiger partial charge is 0.491 e. The zero-order valence-electron chi connectivity index (χ0n) is 19.7. The van der Waals surface area contributed by atoms with Gasteiger partial charge in [-0.25, -0.2) is 4.98 Å². The van der Waals surface area contributed by atoms with Crippen molar-refractivity contribution in [1.82, 2.24) is 19.4 Å². The van der Waals surface area contributed by atoms with Crippen LogP contribution in [0.1, 0.15) is 24.8 Å². The van der Waals surface area contributed by atoms with Crippen molar-refractivity contribution >= 4 is 18.9 Å². The number of ether oxygens (including phenoxy) is 1. The number of nitrogens with zero attached hydrogens (tertiary/aromatic N) is 4. The summed E-state index contributed by atoms with van der Waals surface area (Å²) in [6, 6.07) is 8.85. The summed E-state index contributed by atoms with van der Waals surface area (Å²) in [5.74, 6) is 2.47. The van der Waals surface area contributed by atoms with E-state index in [0.717, 1.165) is 38.2 Å². The predicted octanol–water partition coefficient (Wildman–Crippen LogP) is 2.05. The summed E-state index contributed by atoms with van der Waals surface area (Å²) in [7, 11) is 4.14. The van der Waals surface area contributed by atoms with Crippen molar-refractivity contribution in [2.24, 2.45) is 11.8 Å². The molecule has 1 aliphatic heterocycles. The molecule has 1 saturated carbocycles. The van der Waals surface area contributed by atoms with Gasteiger partial charge in [0.2, 0.25) is 5.91 Å². The molecule has 0 unspecified atom stereocenters. The predicted molar refractivity (Wildman–Crippen MR) is 125 cm³/mol. The third-order valence-electron chi connectivity index (χ3n) is 6.37. The van der Waals surface area contributed by atoms with Crippen LogP contribution in [0.2, 0.25) is 0 Å². The van der Waals surface area contributed by atoms with Gasteiger partial charge in [0.25, 0.3) is 12.9 Å². The number of hydrogen-bond donors (Lipinski definition) is 2.